The summed E-state index contributed by atoms with van der Waals surface area (Å²) in [6.45, 7) is 0.347. The van der Waals surface area contributed by atoms with Gasteiger partial charge in [-0.15, -0.1) is 0 Å². The van der Waals surface area contributed by atoms with Gasteiger partial charge in [0.1, 0.15) is 17.3 Å². The van der Waals surface area contributed by atoms with E-state index in [1.807, 2.05) is 12.1 Å². The summed E-state index contributed by atoms with van der Waals surface area (Å²) in [4.78, 5) is 0. The van der Waals surface area contributed by atoms with Crippen molar-refractivity contribution in [1.82, 2.24) is 0 Å². The van der Waals surface area contributed by atoms with Gasteiger partial charge in [0.2, 0.25) is 0 Å². The summed E-state index contributed by atoms with van der Waals surface area (Å²) in [5.41, 5.74) is 6.81. The van der Waals surface area contributed by atoms with Gasteiger partial charge in [-0.25, -0.2) is 0 Å². The van der Waals surface area contributed by atoms with E-state index >= 15 is 0 Å². The summed E-state index contributed by atoms with van der Waals surface area (Å²) in [5, 5.41) is 8.88. The Balaban J connectivity index is 2.52. The van der Waals surface area contributed by atoms with Crippen LogP contribution in [0.1, 0.15) is 11.3 Å². The Hall–Kier alpha value is -2.25. The molecule has 0 radical (unpaired) electrons. The van der Waals surface area contributed by atoms with Crippen LogP contribution < -0.4 is 10.5 Å². The Bertz CT molecular complexity index is 567. The van der Waals surface area contributed by atoms with Crippen LogP contribution in [0.15, 0.2) is 34.7 Å². The second-order valence-electron chi connectivity index (χ2n) is 3.50. The average Bonchev–Trinajstić information content (AvgIpc) is 2.86. The standard InChI is InChI=1S/C13H12N2O2/c1-16-12-4-2-9(7-14)6-11(12)13-5-3-10(8-15)17-13/h2-6H,8,15H2,1H3. The molecule has 0 unspecified atom stereocenters. The number of hydrogen-bond donors (Lipinski definition) is 1. The van der Waals surface area contributed by atoms with E-state index in [2.05, 4.69) is 6.07 Å². The molecule has 0 bridgehead atoms. The number of nitrogens with zero attached hydrogens (tertiary/aromatic N) is 1. The van der Waals surface area contributed by atoms with Crippen molar-refractivity contribution in [2.24, 2.45) is 5.73 Å². The van der Waals surface area contributed by atoms with Crippen LogP contribution >= 0.6 is 0 Å². The molecule has 0 aliphatic rings. The fraction of sp³-hybridized carbons (Fsp3) is 0.154. The van der Waals surface area contributed by atoms with Crippen LogP contribution in [0.25, 0.3) is 11.3 Å². The number of furan rings is 1. The molecular weight excluding hydrogens is 216 g/mol. The molecular formula is C13H12N2O2. The quantitative estimate of drug-likeness (QED) is 0.874. The lowest BCUT2D eigenvalue weighted by molar-refractivity contribution is 0.414. The fourth-order valence-electron chi connectivity index (χ4n) is 1.60. The summed E-state index contributed by atoms with van der Waals surface area (Å²) in [5.74, 6) is 2.02. The number of nitriles is 1. The minimum Gasteiger partial charge on any atom is -0.496 e. The molecule has 0 saturated carbocycles. The van der Waals surface area contributed by atoms with Crippen molar-refractivity contribution in [3.8, 4) is 23.1 Å². The Morgan fingerprint density at radius 1 is 1.35 bits per heavy atom. The summed E-state index contributed by atoms with van der Waals surface area (Å²) < 4.78 is 10.8. The fourth-order valence-corrected chi connectivity index (χ4v) is 1.60. The molecule has 0 aliphatic carbocycles. The molecule has 0 amide bonds. The van der Waals surface area contributed by atoms with Gasteiger partial charge in [-0.2, -0.15) is 5.26 Å². The van der Waals surface area contributed by atoms with E-state index < -0.39 is 0 Å². The Labute approximate surface area is 99.2 Å². The minimum absolute atomic E-state index is 0.347. The zero-order valence-corrected chi connectivity index (χ0v) is 9.43. The molecule has 1 aromatic carbocycles. The lowest BCUT2D eigenvalue weighted by Crippen LogP contribution is -1.92. The first-order valence-electron chi connectivity index (χ1n) is 5.15. The first-order valence-corrected chi connectivity index (χ1v) is 5.15. The molecule has 2 aromatic rings. The zero-order chi connectivity index (χ0) is 12.3. The van der Waals surface area contributed by atoms with E-state index in [1.54, 1.807) is 25.3 Å². The van der Waals surface area contributed by atoms with Crippen molar-refractivity contribution in [1.29, 1.82) is 5.26 Å². The number of rotatable bonds is 3. The second-order valence-corrected chi connectivity index (χ2v) is 3.50. The molecule has 0 saturated heterocycles. The van der Waals surface area contributed by atoms with Crippen LogP contribution in [0.5, 0.6) is 5.75 Å². The topological polar surface area (TPSA) is 72.2 Å². The van der Waals surface area contributed by atoms with Gasteiger partial charge in [-0.05, 0) is 30.3 Å². The van der Waals surface area contributed by atoms with Crippen LogP contribution in [-0.4, -0.2) is 7.11 Å². The van der Waals surface area contributed by atoms with E-state index in [-0.39, 0.29) is 0 Å². The number of methoxy groups -OCH3 is 1. The predicted molar refractivity (Wildman–Crippen MR) is 63.3 cm³/mol. The lowest BCUT2D eigenvalue weighted by Gasteiger charge is -2.06. The molecule has 2 N–H and O–H groups in total. The van der Waals surface area contributed by atoms with Gasteiger partial charge in [0, 0.05) is 0 Å². The largest absolute Gasteiger partial charge is 0.496 e. The van der Waals surface area contributed by atoms with E-state index in [4.69, 9.17) is 20.1 Å². The van der Waals surface area contributed by atoms with Gasteiger partial charge in [0.15, 0.2) is 0 Å². The molecule has 4 heteroatoms. The molecule has 0 spiro atoms. The van der Waals surface area contributed by atoms with E-state index in [1.165, 1.54) is 0 Å². The van der Waals surface area contributed by atoms with Gasteiger partial charge >= 0.3 is 0 Å². The third-order valence-electron chi connectivity index (χ3n) is 2.46. The summed E-state index contributed by atoms with van der Waals surface area (Å²) >= 11 is 0. The molecule has 0 atom stereocenters. The molecule has 1 heterocycles. The maximum atomic E-state index is 8.88. The highest BCUT2D eigenvalue weighted by molar-refractivity contribution is 5.68. The molecule has 4 nitrogen and oxygen atoms in total. The highest BCUT2D eigenvalue weighted by atomic mass is 16.5. The smallest absolute Gasteiger partial charge is 0.138 e. The molecule has 0 aliphatic heterocycles. The van der Waals surface area contributed by atoms with E-state index in [0.29, 0.717) is 29.4 Å². The normalized spacial score (nSPS) is 9.94. The van der Waals surface area contributed by atoms with Gasteiger partial charge in [-0.3, -0.25) is 0 Å². The highest BCUT2D eigenvalue weighted by Gasteiger charge is 2.10. The SMILES string of the molecule is COc1ccc(C#N)cc1-c1ccc(CN)o1. The van der Waals surface area contributed by atoms with Crippen molar-refractivity contribution < 1.29 is 9.15 Å². The van der Waals surface area contributed by atoms with Crippen LogP contribution in [-0.2, 0) is 6.54 Å². The van der Waals surface area contributed by atoms with Crippen molar-refractivity contribution in [2.75, 3.05) is 7.11 Å². The van der Waals surface area contributed by atoms with Crippen LogP contribution in [0.3, 0.4) is 0 Å². The third kappa shape index (κ3) is 2.14. The highest BCUT2D eigenvalue weighted by Crippen LogP contribution is 2.32. The number of hydrogen-bond acceptors (Lipinski definition) is 4. The maximum Gasteiger partial charge on any atom is 0.138 e. The maximum absolute atomic E-state index is 8.88. The molecule has 86 valence electrons. The Morgan fingerprint density at radius 3 is 2.76 bits per heavy atom. The van der Waals surface area contributed by atoms with Gasteiger partial charge in [0.25, 0.3) is 0 Å². The van der Waals surface area contributed by atoms with Crippen molar-refractivity contribution in [3.05, 3.63) is 41.7 Å². The molecule has 1 aromatic heterocycles. The second kappa shape index (κ2) is 4.73. The van der Waals surface area contributed by atoms with Gasteiger partial charge in [0.05, 0.1) is 30.9 Å². The Morgan fingerprint density at radius 2 is 2.18 bits per heavy atom. The summed E-state index contributed by atoms with van der Waals surface area (Å²) in [6, 6.07) is 10.9. The van der Waals surface area contributed by atoms with Crippen LogP contribution in [0, 0.1) is 11.3 Å². The summed E-state index contributed by atoms with van der Waals surface area (Å²) in [7, 11) is 1.58. The summed E-state index contributed by atoms with van der Waals surface area (Å²) in [6.07, 6.45) is 0. The van der Waals surface area contributed by atoms with E-state index in [0.717, 1.165) is 5.56 Å². The monoisotopic (exact) mass is 228 g/mol. The number of ether oxygens (including phenoxy) is 1. The van der Waals surface area contributed by atoms with Crippen LogP contribution in [0.2, 0.25) is 0 Å². The van der Waals surface area contributed by atoms with Gasteiger partial charge < -0.3 is 14.9 Å². The molecule has 2 rings (SSSR count). The zero-order valence-electron chi connectivity index (χ0n) is 9.43. The Kier molecular flexibility index (Phi) is 3.12. The van der Waals surface area contributed by atoms with Gasteiger partial charge in [-0.1, -0.05) is 0 Å². The molecule has 17 heavy (non-hydrogen) atoms. The minimum atomic E-state index is 0.347. The van der Waals surface area contributed by atoms with E-state index in [9.17, 15) is 0 Å². The van der Waals surface area contributed by atoms with Crippen molar-refractivity contribution in [2.45, 2.75) is 6.54 Å². The number of nitrogens with two attached hydrogens (primary N) is 1. The lowest BCUT2D eigenvalue weighted by atomic mass is 10.1. The predicted octanol–water partition coefficient (Wildman–Crippen LogP) is 2.29. The average molecular weight is 228 g/mol. The van der Waals surface area contributed by atoms with Crippen LogP contribution in [0.4, 0.5) is 0 Å². The molecule has 0 fully saturated rings. The third-order valence-corrected chi connectivity index (χ3v) is 2.46. The first-order chi connectivity index (χ1) is 8.28. The van der Waals surface area contributed by atoms with Crippen molar-refractivity contribution in [3.63, 3.8) is 0 Å². The number of benzene rings is 1. The van der Waals surface area contributed by atoms with Crippen molar-refractivity contribution >= 4 is 0 Å². The first kappa shape index (κ1) is 11.2.